The fourth-order valence-corrected chi connectivity index (χ4v) is 1.80. The quantitative estimate of drug-likeness (QED) is 0.693. The fourth-order valence-electron chi connectivity index (χ4n) is 1.62. The molecule has 0 radical (unpaired) electrons. The Morgan fingerprint density at radius 2 is 2.11 bits per heavy atom. The summed E-state index contributed by atoms with van der Waals surface area (Å²) in [5.74, 6) is -0.455. The van der Waals surface area contributed by atoms with Crippen molar-refractivity contribution in [2.75, 3.05) is 5.32 Å². The zero-order valence-corrected chi connectivity index (χ0v) is 10.7. The van der Waals surface area contributed by atoms with Gasteiger partial charge >= 0.3 is 0 Å². The molecule has 0 unspecified atom stereocenters. The number of carbonyl (C=O) groups excluding carboxylic acids is 1. The van der Waals surface area contributed by atoms with Crippen LogP contribution < -0.4 is 5.32 Å². The first kappa shape index (κ1) is 13.1. The second kappa shape index (κ2) is 5.11. The number of anilines is 1. The highest BCUT2D eigenvalue weighted by Gasteiger charge is 2.18. The molecule has 0 saturated carbocycles. The average molecular weight is 280 g/mol. The number of hydrogen-bond acceptors (Lipinski definition) is 3. The van der Waals surface area contributed by atoms with Gasteiger partial charge in [-0.1, -0.05) is 23.7 Å². The summed E-state index contributed by atoms with van der Waals surface area (Å²) in [6.45, 7) is 0. The summed E-state index contributed by atoms with van der Waals surface area (Å²) in [6, 6.07) is 7.98. The van der Waals surface area contributed by atoms with Crippen molar-refractivity contribution in [3.8, 4) is 0 Å². The first-order valence-electron chi connectivity index (χ1n) is 5.35. The summed E-state index contributed by atoms with van der Waals surface area (Å²) in [4.78, 5) is 22.1. The second-order valence-electron chi connectivity index (χ2n) is 3.89. The lowest BCUT2D eigenvalue weighted by atomic mass is 10.3. The Bertz CT molecular complexity index is 651. The maximum atomic E-state index is 12.0. The highest BCUT2D eigenvalue weighted by Crippen LogP contribution is 2.22. The van der Waals surface area contributed by atoms with E-state index in [4.69, 9.17) is 11.6 Å². The van der Waals surface area contributed by atoms with Gasteiger partial charge in [0.2, 0.25) is 0 Å². The first-order chi connectivity index (χ1) is 8.99. The Morgan fingerprint density at radius 3 is 2.68 bits per heavy atom. The molecule has 1 aromatic heterocycles. The molecule has 1 aromatic carbocycles. The van der Waals surface area contributed by atoms with Gasteiger partial charge < -0.3 is 9.88 Å². The summed E-state index contributed by atoms with van der Waals surface area (Å²) in [6.07, 6.45) is 1.28. The molecule has 0 spiro atoms. The number of halogens is 1. The third-order valence-electron chi connectivity index (χ3n) is 2.56. The standard InChI is InChI=1S/C12H10ClN3O3/c1-15-7-8(16(18)19)6-11(15)12(17)14-10-5-3-2-4-9(10)13/h2-7H,1H3,(H,14,17). The normalized spacial score (nSPS) is 10.2. The molecule has 0 aliphatic rings. The number of rotatable bonds is 3. The molecule has 1 N–H and O–H groups in total. The molecule has 19 heavy (non-hydrogen) atoms. The Balaban J connectivity index is 2.26. The minimum absolute atomic E-state index is 0.133. The van der Waals surface area contributed by atoms with E-state index < -0.39 is 10.8 Å². The first-order valence-corrected chi connectivity index (χ1v) is 5.73. The molecule has 0 saturated heterocycles. The van der Waals surface area contributed by atoms with Gasteiger partial charge in [0.15, 0.2) is 0 Å². The average Bonchev–Trinajstić information content (AvgIpc) is 2.74. The van der Waals surface area contributed by atoms with E-state index in [1.807, 2.05) is 0 Å². The number of amides is 1. The lowest BCUT2D eigenvalue weighted by molar-refractivity contribution is -0.384. The molecule has 7 heteroatoms. The van der Waals surface area contributed by atoms with Gasteiger partial charge in [-0.2, -0.15) is 0 Å². The van der Waals surface area contributed by atoms with Crippen LogP contribution in [0.3, 0.4) is 0 Å². The van der Waals surface area contributed by atoms with Crippen LogP contribution in [0.4, 0.5) is 11.4 Å². The van der Waals surface area contributed by atoms with E-state index in [9.17, 15) is 14.9 Å². The Labute approximate surface area is 113 Å². The minimum atomic E-state index is -0.549. The Hall–Kier alpha value is -2.34. The zero-order valence-electron chi connectivity index (χ0n) is 9.96. The lowest BCUT2D eigenvalue weighted by Crippen LogP contribution is -2.15. The van der Waals surface area contributed by atoms with E-state index in [0.717, 1.165) is 0 Å². The van der Waals surface area contributed by atoms with Crippen LogP contribution in [0.25, 0.3) is 0 Å². The van der Waals surface area contributed by atoms with Crippen LogP contribution in [0.5, 0.6) is 0 Å². The lowest BCUT2D eigenvalue weighted by Gasteiger charge is -2.06. The van der Waals surface area contributed by atoms with Crippen molar-refractivity contribution in [1.82, 2.24) is 4.57 Å². The largest absolute Gasteiger partial charge is 0.340 e. The Kier molecular flexibility index (Phi) is 3.52. The number of aromatic nitrogens is 1. The van der Waals surface area contributed by atoms with E-state index >= 15 is 0 Å². The number of nitrogens with zero attached hydrogens (tertiary/aromatic N) is 2. The second-order valence-corrected chi connectivity index (χ2v) is 4.29. The van der Waals surface area contributed by atoms with Gasteiger partial charge in [0.05, 0.1) is 21.8 Å². The molecule has 0 bridgehead atoms. The summed E-state index contributed by atoms with van der Waals surface area (Å²) >= 11 is 5.92. The number of carbonyl (C=O) groups is 1. The minimum Gasteiger partial charge on any atom is -0.340 e. The van der Waals surface area contributed by atoms with E-state index in [-0.39, 0.29) is 11.4 Å². The maximum absolute atomic E-state index is 12.0. The van der Waals surface area contributed by atoms with Gasteiger partial charge in [0, 0.05) is 13.1 Å². The molecular weight excluding hydrogens is 270 g/mol. The van der Waals surface area contributed by atoms with Gasteiger partial charge in [0.1, 0.15) is 5.69 Å². The zero-order chi connectivity index (χ0) is 14.0. The number of hydrogen-bond donors (Lipinski definition) is 1. The van der Waals surface area contributed by atoms with Gasteiger partial charge in [-0.3, -0.25) is 14.9 Å². The number of nitrogens with one attached hydrogen (secondary N) is 1. The SMILES string of the molecule is Cn1cc([N+](=O)[O-])cc1C(=O)Nc1ccccc1Cl. The smallest absolute Gasteiger partial charge is 0.287 e. The summed E-state index contributed by atoms with van der Waals surface area (Å²) in [5.41, 5.74) is 0.511. The molecular formula is C12H10ClN3O3. The summed E-state index contributed by atoms with van der Waals surface area (Å²) in [5, 5.41) is 13.6. The molecule has 1 amide bonds. The van der Waals surface area contributed by atoms with Crippen LogP contribution in [0.2, 0.25) is 5.02 Å². The van der Waals surface area contributed by atoms with Gasteiger partial charge in [-0.15, -0.1) is 0 Å². The van der Waals surface area contributed by atoms with Crippen LogP contribution in [0.1, 0.15) is 10.5 Å². The molecule has 2 rings (SSSR count). The van der Waals surface area contributed by atoms with Gasteiger partial charge in [-0.05, 0) is 12.1 Å². The van der Waals surface area contributed by atoms with Gasteiger partial charge in [-0.25, -0.2) is 0 Å². The van der Waals surface area contributed by atoms with Crippen LogP contribution in [-0.4, -0.2) is 15.4 Å². The van der Waals surface area contributed by atoms with Crippen molar-refractivity contribution in [2.45, 2.75) is 0 Å². The number of nitro groups is 1. The predicted molar refractivity (Wildman–Crippen MR) is 71.5 cm³/mol. The molecule has 6 nitrogen and oxygen atoms in total. The molecule has 0 aliphatic heterocycles. The van der Waals surface area contributed by atoms with Crippen molar-refractivity contribution in [3.63, 3.8) is 0 Å². The summed E-state index contributed by atoms with van der Waals surface area (Å²) < 4.78 is 1.39. The fraction of sp³-hybridized carbons (Fsp3) is 0.0833. The summed E-state index contributed by atoms with van der Waals surface area (Å²) in [7, 11) is 1.56. The third-order valence-corrected chi connectivity index (χ3v) is 2.89. The van der Waals surface area contributed by atoms with Crippen LogP contribution >= 0.6 is 11.6 Å². The number of benzene rings is 1. The van der Waals surface area contributed by atoms with Crippen molar-refractivity contribution >= 4 is 28.9 Å². The molecule has 98 valence electrons. The van der Waals surface area contributed by atoms with Crippen LogP contribution in [-0.2, 0) is 7.05 Å². The van der Waals surface area contributed by atoms with Crippen LogP contribution in [0, 0.1) is 10.1 Å². The monoisotopic (exact) mass is 279 g/mol. The predicted octanol–water partition coefficient (Wildman–Crippen LogP) is 2.84. The van der Waals surface area contributed by atoms with E-state index in [1.54, 1.807) is 31.3 Å². The maximum Gasteiger partial charge on any atom is 0.287 e. The van der Waals surface area contributed by atoms with Crippen molar-refractivity contribution in [1.29, 1.82) is 0 Å². The third kappa shape index (κ3) is 2.74. The van der Waals surface area contributed by atoms with E-state index in [1.165, 1.54) is 16.8 Å². The van der Waals surface area contributed by atoms with E-state index in [0.29, 0.717) is 10.7 Å². The molecule has 0 atom stereocenters. The number of aryl methyl sites for hydroxylation is 1. The topological polar surface area (TPSA) is 77.2 Å². The molecule has 0 aliphatic carbocycles. The molecule has 2 aromatic rings. The highest BCUT2D eigenvalue weighted by molar-refractivity contribution is 6.33. The van der Waals surface area contributed by atoms with Crippen molar-refractivity contribution in [3.05, 3.63) is 57.4 Å². The Morgan fingerprint density at radius 1 is 1.42 bits per heavy atom. The van der Waals surface area contributed by atoms with E-state index in [2.05, 4.69) is 5.32 Å². The van der Waals surface area contributed by atoms with Crippen molar-refractivity contribution in [2.24, 2.45) is 7.05 Å². The van der Waals surface area contributed by atoms with Crippen molar-refractivity contribution < 1.29 is 9.72 Å². The molecule has 0 fully saturated rings. The van der Waals surface area contributed by atoms with Gasteiger partial charge in [0.25, 0.3) is 11.6 Å². The highest BCUT2D eigenvalue weighted by atomic mass is 35.5. The number of para-hydroxylation sites is 1. The van der Waals surface area contributed by atoms with Crippen LogP contribution in [0.15, 0.2) is 36.5 Å². The molecule has 1 heterocycles.